The molecule has 21 heavy (non-hydrogen) atoms. The lowest BCUT2D eigenvalue weighted by Crippen LogP contribution is -2.45. The van der Waals surface area contributed by atoms with Crippen LogP contribution in [-0.4, -0.2) is 29.7 Å². The first-order valence-corrected chi connectivity index (χ1v) is 6.21. The van der Waals surface area contributed by atoms with Crippen LogP contribution >= 0.6 is 0 Å². The minimum absolute atomic E-state index is 0.176. The van der Waals surface area contributed by atoms with Gasteiger partial charge >= 0.3 is 6.18 Å². The molecular formula is C13H18F3N3O2. The summed E-state index contributed by atoms with van der Waals surface area (Å²) in [4.78, 5) is 15.5. The molecule has 1 unspecified atom stereocenters. The Hall–Kier alpha value is -1.83. The number of hydrogen-bond acceptors (Lipinski definition) is 4. The summed E-state index contributed by atoms with van der Waals surface area (Å²) in [6.07, 6.45) is -3.22. The monoisotopic (exact) mass is 305 g/mol. The van der Waals surface area contributed by atoms with Crippen LogP contribution in [0.25, 0.3) is 0 Å². The zero-order chi connectivity index (χ0) is 16.3. The zero-order valence-electron chi connectivity index (χ0n) is 12.0. The Balaban J connectivity index is 2.61. The molecule has 0 spiro atoms. The summed E-state index contributed by atoms with van der Waals surface area (Å²) >= 11 is 0. The fourth-order valence-corrected chi connectivity index (χ4v) is 1.31. The number of aromatic nitrogens is 1. The number of nitrogens with one attached hydrogen (secondary N) is 1. The highest BCUT2D eigenvalue weighted by Gasteiger charge is 2.29. The standard InChI is InChI=1S/C13H18F3N3O2/c1-12(2,3)10(17)11(20)19-8-4-5-9(18-6-8)21-7-13(14,15)16/h4-6,10H,7,17H2,1-3H3,(H,19,20). The van der Waals surface area contributed by atoms with Crippen molar-refractivity contribution in [3.63, 3.8) is 0 Å². The van der Waals surface area contributed by atoms with Gasteiger partial charge in [-0.3, -0.25) is 4.79 Å². The number of carbonyl (C=O) groups excluding carboxylic acids is 1. The van der Waals surface area contributed by atoms with Crippen molar-refractivity contribution in [1.82, 2.24) is 4.98 Å². The molecule has 0 aliphatic heterocycles. The van der Waals surface area contributed by atoms with E-state index in [0.29, 0.717) is 5.69 Å². The number of carbonyl (C=O) groups is 1. The molecule has 0 saturated heterocycles. The van der Waals surface area contributed by atoms with Crippen LogP contribution in [0.3, 0.4) is 0 Å². The highest BCUT2D eigenvalue weighted by Crippen LogP contribution is 2.20. The number of amides is 1. The molecule has 1 amide bonds. The molecule has 5 nitrogen and oxygen atoms in total. The Kier molecular flexibility index (Phi) is 5.16. The third-order valence-electron chi connectivity index (χ3n) is 2.60. The minimum Gasteiger partial charge on any atom is -0.468 e. The van der Waals surface area contributed by atoms with Gasteiger partial charge in [-0.05, 0) is 11.5 Å². The highest BCUT2D eigenvalue weighted by molar-refractivity contribution is 5.95. The second-order valence-corrected chi connectivity index (χ2v) is 5.62. The lowest BCUT2D eigenvalue weighted by molar-refractivity contribution is -0.154. The van der Waals surface area contributed by atoms with Gasteiger partial charge in [-0.1, -0.05) is 20.8 Å². The number of nitrogens with two attached hydrogens (primary N) is 1. The Labute approximate surface area is 120 Å². The van der Waals surface area contributed by atoms with Crippen LogP contribution in [0.1, 0.15) is 20.8 Å². The molecule has 0 bridgehead atoms. The molecule has 1 aromatic rings. The second kappa shape index (κ2) is 6.30. The van der Waals surface area contributed by atoms with Crippen molar-refractivity contribution in [2.24, 2.45) is 11.1 Å². The van der Waals surface area contributed by atoms with Gasteiger partial charge in [0.05, 0.1) is 17.9 Å². The van der Waals surface area contributed by atoms with E-state index in [1.54, 1.807) is 0 Å². The zero-order valence-corrected chi connectivity index (χ0v) is 12.0. The third-order valence-corrected chi connectivity index (χ3v) is 2.60. The molecule has 0 saturated carbocycles. The van der Waals surface area contributed by atoms with E-state index in [0.717, 1.165) is 0 Å². The fourth-order valence-electron chi connectivity index (χ4n) is 1.31. The molecule has 1 heterocycles. The van der Waals surface area contributed by atoms with Gasteiger partial charge in [0.15, 0.2) is 6.61 Å². The summed E-state index contributed by atoms with van der Waals surface area (Å²) in [6.45, 7) is 4.05. The van der Waals surface area contributed by atoms with Crippen molar-refractivity contribution < 1.29 is 22.7 Å². The first-order chi connectivity index (χ1) is 9.49. The first kappa shape index (κ1) is 17.2. The van der Waals surface area contributed by atoms with Gasteiger partial charge in [-0.2, -0.15) is 13.2 Å². The molecular weight excluding hydrogens is 287 g/mol. The maximum Gasteiger partial charge on any atom is 0.422 e. The van der Waals surface area contributed by atoms with Crippen molar-refractivity contribution in [2.45, 2.75) is 33.0 Å². The third kappa shape index (κ3) is 5.99. The molecule has 3 N–H and O–H groups in total. The lowest BCUT2D eigenvalue weighted by atomic mass is 9.87. The van der Waals surface area contributed by atoms with Crippen LogP contribution in [-0.2, 0) is 4.79 Å². The lowest BCUT2D eigenvalue weighted by Gasteiger charge is -2.25. The Morgan fingerprint density at radius 1 is 1.38 bits per heavy atom. The van der Waals surface area contributed by atoms with Crippen molar-refractivity contribution in [3.8, 4) is 5.88 Å². The number of pyridine rings is 1. The molecule has 1 rings (SSSR count). The molecule has 0 aromatic carbocycles. The molecule has 8 heteroatoms. The number of nitrogens with zero attached hydrogens (tertiary/aromatic N) is 1. The number of rotatable bonds is 4. The van der Waals surface area contributed by atoms with E-state index in [2.05, 4.69) is 15.0 Å². The van der Waals surface area contributed by atoms with Gasteiger partial charge in [0.1, 0.15) is 0 Å². The summed E-state index contributed by atoms with van der Waals surface area (Å²) in [5.41, 5.74) is 5.71. The van der Waals surface area contributed by atoms with Gasteiger partial charge in [0, 0.05) is 6.07 Å². The van der Waals surface area contributed by atoms with Crippen LogP contribution in [0.5, 0.6) is 5.88 Å². The Bertz CT molecular complexity index is 481. The maximum absolute atomic E-state index is 12.0. The van der Waals surface area contributed by atoms with Crippen LogP contribution in [0.4, 0.5) is 18.9 Å². The second-order valence-electron chi connectivity index (χ2n) is 5.62. The number of ether oxygens (including phenoxy) is 1. The number of hydrogen-bond donors (Lipinski definition) is 2. The summed E-state index contributed by atoms with van der Waals surface area (Å²) in [5, 5.41) is 2.54. The van der Waals surface area contributed by atoms with E-state index in [-0.39, 0.29) is 5.88 Å². The van der Waals surface area contributed by atoms with E-state index in [9.17, 15) is 18.0 Å². The normalized spacial score (nSPS) is 13.7. The van der Waals surface area contributed by atoms with Gasteiger partial charge in [-0.25, -0.2) is 4.98 Å². The summed E-state index contributed by atoms with van der Waals surface area (Å²) in [7, 11) is 0. The largest absolute Gasteiger partial charge is 0.468 e. The van der Waals surface area contributed by atoms with E-state index >= 15 is 0 Å². The smallest absolute Gasteiger partial charge is 0.422 e. The fraction of sp³-hybridized carbons (Fsp3) is 0.538. The highest BCUT2D eigenvalue weighted by atomic mass is 19.4. The predicted molar refractivity (Wildman–Crippen MR) is 71.8 cm³/mol. The number of alkyl halides is 3. The van der Waals surface area contributed by atoms with E-state index in [4.69, 9.17) is 5.73 Å². The van der Waals surface area contributed by atoms with Crippen LogP contribution in [0.15, 0.2) is 18.3 Å². The molecule has 118 valence electrons. The molecule has 0 aliphatic rings. The summed E-state index contributed by atoms with van der Waals surface area (Å²) in [5.74, 6) is -0.571. The van der Waals surface area contributed by atoms with Crippen molar-refractivity contribution in [2.75, 3.05) is 11.9 Å². The van der Waals surface area contributed by atoms with E-state index < -0.39 is 30.1 Å². The summed E-state index contributed by atoms with van der Waals surface area (Å²) < 4.78 is 40.4. The quantitative estimate of drug-likeness (QED) is 0.895. The predicted octanol–water partition coefficient (Wildman–Crippen LogP) is 2.33. The van der Waals surface area contributed by atoms with Crippen molar-refractivity contribution >= 4 is 11.6 Å². The van der Waals surface area contributed by atoms with Gasteiger partial charge in [0.2, 0.25) is 11.8 Å². The van der Waals surface area contributed by atoms with E-state index in [1.165, 1.54) is 18.3 Å². The van der Waals surface area contributed by atoms with Crippen molar-refractivity contribution in [1.29, 1.82) is 0 Å². The van der Waals surface area contributed by atoms with Crippen LogP contribution < -0.4 is 15.8 Å². The molecule has 0 aliphatic carbocycles. The molecule has 1 atom stereocenters. The first-order valence-electron chi connectivity index (χ1n) is 6.21. The average molecular weight is 305 g/mol. The average Bonchev–Trinajstić information content (AvgIpc) is 2.35. The van der Waals surface area contributed by atoms with Crippen molar-refractivity contribution in [3.05, 3.63) is 18.3 Å². The number of halogens is 3. The Morgan fingerprint density at radius 3 is 2.43 bits per heavy atom. The summed E-state index contributed by atoms with van der Waals surface area (Å²) in [6, 6.07) is 1.91. The van der Waals surface area contributed by atoms with Gasteiger partial charge in [0.25, 0.3) is 0 Å². The van der Waals surface area contributed by atoms with Crippen LogP contribution in [0, 0.1) is 5.41 Å². The minimum atomic E-state index is -4.42. The van der Waals surface area contributed by atoms with Crippen LogP contribution in [0.2, 0.25) is 0 Å². The molecule has 0 fully saturated rings. The van der Waals surface area contributed by atoms with Gasteiger partial charge in [-0.15, -0.1) is 0 Å². The Morgan fingerprint density at radius 2 is 2.00 bits per heavy atom. The maximum atomic E-state index is 12.0. The van der Waals surface area contributed by atoms with E-state index in [1.807, 2.05) is 20.8 Å². The SMILES string of the molecule is CC(C)(C)C(N)C(=O)Nc1ccc(OCC(F)(F)F)nc1. The number of anilines is 1. The topological polar surface area (TPSA) is 77.2 Å². The van der Waals surface area contributed by atoms with Gasteiger partial charge < -0.3 is 15.8 Å². The molecule has 1 aromatic heterocycles. The molecule has 0 radical (unpaired) electrons.